The molecule has 0 spiro atoms. The molecule has 1 heterocycles. The Morgan fingerprint density at radius 3 is 2.39 bits per heavy atom. The Morgan fingerprint density at radius 2 is 1.94 bits per heavy atom. The van der Waals surface area contributed by atoms with Crippen LogP contribution < -0.4 is 0 Å². The fourth-order valence-electron chi connectivity index (χ4n) is 2.21. The van der Waals surface area contributed by atoms with E-state index in [4.69, 9.17) is 21.3 Å². The Hall–Kier alpha value is 0.0600. The van der Waals surface area contributed by atoms with E-state index in [0.29, 0.717) is 11.1 Å². The van der Waals surface area contributed by atoms with Crippen LogP contribution in [0.1, 0.15) is 57.0 Å². The van der Waals surface area contributed by atoms with Crippen LogP contribution in [0.15, 0.2) is 0 Å². The van der Waals surface area contributed by atoms with E-state index < -0.39 is 5.60 Å². The fourth-order valence-corrected chi connectivity index (χ4v) is 3.07. The van der Waals surface area contributed by atoms with Gasteiger partial charge in [-0.25, -0.2) is 9.97 Å². The maximum absolute atomic E-state index is 6.25. The quantitative estimate of drug-likeness (QED) is 0.565. The van der Waals surface area contributed by atoms with Crippen LogP contribution in [0.4, 0.5) is 0 Å². The van der Waals surface area contributed by atoms with Gasteiger partial charge in [-0.1, -0.05) is 25.4 Å². The third-order valence-electron chi connectivity index (χ3n) is 3.74. The zero-order valence-corrected chi connectivity index (χ0v) is 13.9. The highest BCUT2D eigenvalue weighted by atomic mass is 127. The van der Waals surface area contributed by atoms with Gasteiger partial charge in [0.15, 0.2) is 5.82 Å². The van der Waals surface area contributed by atoms with E-state index in [1.165, 1.54) is 12.8 Å². The molecule has 3 nitrogen and oxygen atoms in total. The van der Waals surface area contributed by atoms with Crippen LogP contribution >= 0.6 is 34.2 Å². The van der Waals surface area contributed by atoms with Gasteiger partial charge in [-0.2, -0.15) is 0 Å². The Balaban J connectivity index is 2.50. The smallest absolute Gasteiger partial charge is 0.162 e. The molecule has 0 N–H and O–H groups in total. The van der Waals surface area contributed by atoms with E-state index in [1.807, 2.05) is 0 Å². The van der Waals surface area contributed by atoms with E-state index in [-0.39, 0.29) is 0 Å². The number of halogens is 2. The summed E-state index contributed by atoms with van der Waals surface area (Å²) in [6.45, 7) is 4.19. The molecule has 1 fully saturated rings. The largest absolute Gasteiger partial charge is 0.370 e. The summed E-state index contributed by atoms with van der Waals surface area (Å²) in [7, 11) is 1.72. The second-order valence-corrected chi connectivity index (χ2v) is 6.15. The molecular weight excluding hydrogens is 363 g/mol. The number of aromatic nitrogens is 2. The van der Waals surface area contributed by atoms with E-state index in [0.717, 1.165) is 27.9 Å². The second kappa shape index (κ2) is 5.59. The highest BCUT2D eigenvalue weighted by molar-refractivity contribution is 14.1. The molecule has 1 aromatic rings. The average Bonchev–Trinajstić information content (AvgIpc) is 3.20. The van der Waals surface area contributed by atoms with Gasteiger partial charge in [-0.15, -0.1) is 0 Å². The minimum absolute atomic E-state index is 0.405. The van der Waals surface area contributed by atoms with Crippen molar-refractivity contribution in [3.8, 4) is 0 Å². The first-order valence-corrected chi connectivity index (χ1v) is 7.82. The molecule has 0 radical (unpaired) electrons. The molecule has 0 unspecified atom stereocenters. The summed E-state index contributed by atoms with van der Waals surface area (Å²) in [4.78, 5) is 9.20. The Bertz CT molecular complexity index is 437. The van der Waals surface area contributed by atoms with Crippen LogP contribution in [0, 0.1) is 3.57 Å². The van der Waals surface area contributed by atoms with Crippen LogP contribution in [0.2, 0.25) is 5.15 Å². The summed E-state index contributed by atoms with van der Waals surface area (Å²) >= 11 is 8.50. The first-order chi connectivity index (χ1) is 8.57. The first-order valence-electron chi connectivity index (χ1n) is 6.36. The lowest BCUT2D eigenvalue weighted by atomic mass is 9.96. The number of hydrogen-bond acceptors (Lipinski definition) is 3. The Kier molecular flexibility index (Phi) is 4.49. The van der Waals surface area contributed by atoms with Gasteiger partial charge in [-0.05, 0) is 48.3 Å². The summed E-state index contributed by atoms with van der Waals surface area (Å²) in [6, 6.07) is 0. The number of rotatable bonds is 5. The maximum atomic E-state index is 6.25. The average molecular weight is 381 g/mol. The first kappa shape index (κ1) is 14.5. The molecule has 18 heavy (non-hydrogen) atoms. The molecule has 1 saturated carbocycles. The van der Waals surface area contributed by atoms with Crippen LogP contribution in [-0.4, -0.2) is 17.1 Å². The third kappa shape index (κ3) is 2.51. The molecule has 100 valence electrons. The van der Waals surface area contributed by atoms with Gasteiger partial charge >= 0.3 is 0 Å². The topological polar surface area (TPSA) is 35.0 Å². The Labute approximate surface area is 127 Å². The predicted molar refractivity (Wildman–Crippen MR) is 81.0 cm³/mol. The van der Waals surface area contributed by atoms with E-state index in [9.17, 15) is 0 Å². The van der Waals surface area contributed by atoms with E-state index in [2.05, 4.69) is 41.4 Å². The molecule has 0 aromatic carbocycles. The van der Waals surface area contributed by atoms with Crippen molar-refractivity contribution < 1.29 is 4.74 Å². The van der Waals surface area contributed by atoms with Crippen LogP contribution in [0.3, 0.4) is 0 Å². The second-order valence-electron chi connectivity index (χ2n) is 4.72. The lowest BCUT2D eigenvalue weighted by Crippen LogP contribution is -2.30. The minimum atomic E-state index is -0.405. The molecule has 1 aromatic heterocycles. The molecule has 2 rings (SSSR count). The Morgan fingerprint density at radius 1 is 1.33 bits per heavy atom. The summed E-state index contributed by atoms with van der Waals surface area (Å²) in [6.07, 6.45) is 4.12. The van der Waals surface area contributed by atoms with Gasteiger partial charge in [0.05, 0.1) is 9.26 Å². The predicted octanol–water partition coefficient (Wildman–Crippen LogP) is 4.27. The molecule has 0 aliphatic heterocycles. The fraction of sp³-hybridized carbons (Fsp3) is 0.692. The number of nitrogens with zero attached hydrogens (tertiary/aromatic N) is 2. The summed E-state index contributed by atoms with van der Waals surface area (Å²) < 4.78 is 6.68. The van der Waals surface area contributed by atoms with Crippen molar-refractivity contribution in [3.05, 3.63) is 20.2 Å². The summed E-state index contributed by atoms with van der Waals surface area (Å²) in [5.74, 6) is 1.31. The molecule has 5 heteroatoms. The van der Waals surface area contributed by atoms with Crippen LogP contribution in [0.5, 0.6) is 0 Å². The summed E-state index contributed by atoms with van der Waals surface area (Å²) in [5, 5.41) is 0.561. The zero-order valence-electron chi connectivity index (χ0n) is 11.0. The minimum Gasteiger partial charge on any atom is -0.370 e. The SMILES string of the molecule is CCC(CC)(OC)c1nc(Cl)c(I)c(C2CC2)n1. The van der Waals surface area contributed by atoms with Gasteiger partial charge in [0.25, 0.3) is 0 Å². The standard InChI is InChI=1S/C13H18ClIN2O/c1-4-13(5-2,18-3)12-16-10(8-6-7-8)9(15)11(14)17-12/h8H,4-7H2,1-3H3. The van der Waals surface area contributed by atoms with Gasteiger partial charge in [0.2, 0.25) is 0 Å². The van der Waals surface area contributed by atoms with E-state index >= 15 is 0 Å². The number of ether oxygens (including phenoxy) is 1. The molecule has 0 saturated heterocycles. The molecule has 1 aliphatic carbocycles. The van der Waals surface area contributed by atoms with Crippen molar-refractivity contribution in [2.45, 2.75) is 51.0 Å². The lowest BCUT2D eigenvalue weighted by molar-refractivity contribution is -0.0293. The highest BCUT2D eigenvalue weighted by Gasteiger charge is 2.35. The zero-order chi connectivity index (χ0) is 13.3. The van der Waals surface area contributed by atoms with Crippen LogP contribution in [-0.2, 0) is 10.3 Å². The van der Waals surface area contributed by atoms with Crippen molar-refractivity contribution in [2.24, 2.45) is 0 Å². The molecule has 0 bridgehead atoms. The molecule has 1 aliphatic rings. The van der Waals surface area contributed by atoms with Crippen molar-refractivity contribution in [3.63, 3.8) is 0 Å². The number of methoxy groups -OCH3 is 1. The van der Waals surface area contributed by atoms with Gasteiger partial charge in [0.1, 0.15) is 10.8 Å². The molecule has 0 atom stereocenters. The lowest BCUT2D eigenvalue weighted by Gasteiger charge is -2.29. The monoisotopic (exact) mass is 380 g/mol. The normalized spacial score (nSPS) is 16.1. The molecule has 0 amide bonds. The maximum Gasteiger partial charge on any atom is 0.162 e. The van der Waals surface area contributed by atoms with Gasteiger partial charge in [-0.3, -0.25) is 0 Å². The number of hydrogen-bond donors (Lipinski definition) is 0. The van der Waals surface area contributed by atoms with Crippen molar-refractivity contribution in [2.75, 3.05) is 7.11 Å². The molecular formula is C13H18ClIN2O. The van der Waals surface area contributed by atoms with Crippen molar-refractivity contribution >= 4 is 34.2 Å². The summed E-state index contributed by atoms with van der Waals surface area (Å²) in [5.41, 5.74) is 0.700. The van der Waals surface area contributed by atoms with Gasteiger partial charge < -0.3 is 4.74 Å². The van der Waals surface area contributed by atoms with Crippen molar-refractivity contribution in [1.29, 1.82) is 0 Å². The highest BCUT2D eigenvalue weighted by Crippen LogP contribution is 2.43. The van der Waals surface area contributed by atoms with Crippen LogP contribution in [0.25, 0.3) is 0 Å². The van der Waals surface area contributed by atoms with Gasteiger partial charge in [0, 0.05) is 13.0 Å². The van der Waals surface area contributed by atoms with E-state index in [1.54, 1.807) is 7.11 Å². The van der Waals surface area contributed by atoms with Crippen molar-refractivity contribution in [1.82, 2.24) is 9.97 Å². The third-order valence-corrected chi connectivity index (χ3v) is 5.40.